The zero-order chi connectivity index (χ0) is 16.5. The molecule has 0 aliphatic carbocycles. The second-order valence-electron chi connectivity index (χ2n) is 5.87. The Balaban J connectivity index is 1.64. The molecule has 1 fully saturated rings. The van der Waals surface area contributed by atoms with Crippen LogP contribution in [0.15, 0.2) is 46.6 Å². The molecule has 2 aromatic heterocycles. The highest BCUT2D eigenvalue weighted by Crippen LogP contribution is 2.38. The van der Waals surface area contributed by atoms with E-state index in [1.807, 2.05) is 35.4 Å². The average Bonchev–Trinajstić information content (AvgIpc) is 3.35. The summed E-state index contributed by atoms with van der Waals surface area (Å²) in [5, 5.41) is 6.72. The lowest BCUT2D eigenvalue weighted by atomic mass is 9.88. The molecule has 4 rings (SSSR count). The molecule has 0 bridgehead atoms. The molecule has 1 saturated heterocycles. The monoisotopic (exact) mass is 340 g/mol. The lowest BCUT2D eigenvalue weighted by Gasteiger charge is -2.15. The van der Waals surface area contributed by atoms with Gasteiger partial charge in [0.1, 0.15) is 5.69 Å². The number of aromatic nitrogens is 3. The maximum Gasteiger partial charge on any atom is 0.273 e. The average molecular weight is 340 g/mol. The third kappa shape index (κ3) is 2.71. The summed E-state index contributed by atoms with van der Waals surface area (Å²) < 4.78 is 4.92. The smallest absolute Gasteiger partial charge is 0.273 e. The summed E-state index contributed by atoms with van der Waals surface area (Å²) in [5.74, 6) is 0.780. The van der Waals surface area contributed by atoms with E-state index < -0.39 is 0 Å². The van der Waals surface area contributed by atoms with Gasteiger partial charge in [-0.3, -0.25) is 4.79 Å². The fourth-order valence-corrected chi connectivity index (χ4v) is 3.82. The first kappa shape index (κ1) is 15.0. The summed E-state index contributed by atoms with van der Waals surface area (Å²) >= 11 is 1.49. The number of hydrogen-bond donors (Lipinski definition) is 0. The van der Waals surface area contributed by atoms with Crippen LogP contribution in [0.4, 0.5) is 0 Å². The summed E-state index contributed by atoms with van der Waals surface area (Å²) in [6.45, 7) is 3.09. The molecule has 0 N–H and O–H groups in total. The number of benzene rings is 1. The van der Waals surface area contributed by atoms with E-state index >= 15 is 0 Å². The fourth-order valence-electron chi connectivity index (χ4n) is 3.24. The van der Waals surface area contributed by atoms with Gasteiger partial charge in [0.05, 0.1) is 5.01 Å². The van der Waals surface area contributed by atoms with Crippen molar-refractivity contribution in [2.24, 2.45) is 0 Å². The second kappa shape index (κ2) is 6.16. The molecule has 24 heavy (non-hydrogen) atoms. The molecular weight excluding hydrogens is 324 g/mol. The third-order valence-corrected chi connectivity index (χ3v) is 5.16. The van der Waals surface area contributed by atoms with Gasteiger partial charge >= 0.3 is 0 Å². The Morgan fingerprint density at radius 1 is 1.25 bits per heavy atom. The van der Waals surface area contributed by atoms with E-state index in [-0.39, 0.29) is 17.7 Å². The first-order valence-electron chi connectivity index (χ1n) is 7.75. The second-order valence-corrected chi connectivity index (χ2v) is 6.94. The van der Waals surface area contributed by atoms with E-state index in [0.29, 0.717) is 24.6 Å². The zero-order valence-electron chi connectivity index (χ0n) is 13.1. The molecule has 122 valence electrons. The highest BCUT2D eigenvalue weighted by Gasteiger charge is 2.39. The minimum absolute atomic E-state index is 0.0230. The Bertz CT molecular complexity index is 831. The van der Waals surface area contributed by atoms with Crippen LogP contribution in [0.2, 0.25) is 0 Å². The number of hydrogen-bond acceptors (Lipinski definition) is 6. The summed E-state index contributed by atoms with van der Waals surface area (Å²) in [4.78, 5) is 23.1. The number of rotatable bonds is 3. The van der Waals surface area contributed by atoms with Gasteiger partial charge in [0.2, 0.25) is 6.39 Å². The number of likely N-dealkylation sites (tertiary alicyclic amines) is 1. The van der Waals surface area contributed by atoms with Gasteiger partial charge < -0.3 is 9.42 Å². The largest absolute Gasteiger partial charge is 0.343 e. The van der Waals surface area contributed by atoms with Crippen molar-refractivity contribution >= 4 is 17.2 Å². The van der Waals surface area contributed by atoms with E-state index in [1.54, 1.807) is 0 Å². The van der Waals surface area contributed by atoms with Gasteiger partial charge in [-0.05, 0) is 12.5 Å². The van der Waals surface area contributed by atoms with Crippen molar-refractivity contribution in [3.05, 3.63) is 64.2 Å². The Labute approximate surface area is 143 Å². The highest BCUT2D eigenvalue weighted by atomic mass is 32.1. The Hall–Kier alpha value is -2.54. The maximum atomic E-state index is 12.8. The molecule has 6 nitrogen and oxygen atoms in total. The lowest BCUT2D eigenvalue weighted by molar-refractivity contribution is 0.0783. The zero-order valence-corrected chi connectivity index (χ0v) is 13.9. The van der Waals surface area contributed by atoms with Crippen molar-refractivity contribution in [1.82, 2.24) is 20.0 Å². The van der Waals surface area contributed by atoms with Crippen molar-refractivity contribution in [2.75, 3.05) is 13.1 Å². The summed E-state index contributed by atoms with van der Waals surface area (Å²) in [5.41, 5.74) is 1.69. The normalized spacial score (nSPS) is 20.5. The van der Waals surface area contributed by atoms with E-state index in [2.05, 4.69) is 27.3 Å². The molecule has 1 aliphatic heterocycles. The van der Waals surface area contributed by atoms with Crippen molar-refractivity contribution in [3.8, 4) is 0 Å². The number of nitrogens with zero attached hydrogens (tertiary/aromatic N) is 4. The van der Waals surface area contributed by atoms with Crippen LogP contribution in [-0.4, -0.2) is 39.0 Å². The quantitative estimate of drug-likeness (QED) is 0.733. The third-order valence-electron chi connectivity index (χ3n) is 4.38. The lowest BCUT2D eigenvalue weighted by Crippen LogP contribution is -2.29. The van der Waals surface area contributed by atoms with E-state index in [4.69, 9.17) is 4.52 Å². The van der Waals surface area contributed by atoms with Crippen LogP contribution in [-0.2, 0) is 0 Å². The minimum atomic E-state index is -0.0359. The highest BCUT2D eigenvalue weighted by molar-refractivity contribution is 7.09. The summed E-state index contributed by atoms with van der Waals surface area (Å²) in [6, 6.07) is 10.2. The topological polar surface area (TPSA) is 72.1 Å². The predicted octanol–water partition coefficient (Wildman–Crippen LogP) is 2.86. The first-order chi connectivity index (χ1) is 11.7. The molecule has 0 unspecified atom stereocenters. The van der Waals surface area contributed by atoms with Gasteiger partial charge in [0.15, 0.2) is 5.82 Å². The number of amides is 1. The standard InChI is InChI=1S/C17H16N4O2S/c1-11-19-15(9-24-11)17(22)21-7-13(12-5-3-2-4-6-12)14(8-21)16-18-10-23-20-16/h2-6,9-10,13-14H,7-8H2,1H3/t13-,14+/m0/s1. The van der Waals surface area contributed by atoms with Crippen LogP contribution in [0.3, 0.4) is 0 Å². The predicted molar refractivity (Wildman–Crippen MR) is 89.0 cm³/mol. The van der Waals surface area contributed by atoms with Crippen LogP contribution >= 0.6 is 11.3 Å². The van der Waals surface area contributed by atoms with Crippen LogP contribution in [0.5, 0.6) is 0 Å². The molecule has 0 spiro atoms. The van der Waals surface area contributed by atoms with Gasteiger partial charge in [-0.1, -0.05) is 35.5 Å². The fraction of sp³-hybridized carbons (Fsp3) is 0.294. The Morgan fingerprint density at radius 2 is 2.04 bits per heavy atom. The van der Waals surface area contributed by atoms with Gasteiger partial charge in [-0.15, -0.1) is 11.3 Å². The van der Waals surface area contributed by atoms with Crippen molar-refractivity contribution in [1.29, 1.82) is 0 Å². The number of carbonyl (C=O) groups excluding carboxylic acids is 1. The van der Waals surface area contributed by atoms with Gasteiger partial charge in [-0.25, -0.2) is 4.98 Å². The Kier molecular flexibility index (Phi) is 3.86. The molecular formula is C17H16N4O2S. The maximum absolute atomic E-state index is 12.8. The summed E-state index contributed by atoms with van der Waals surface area (Å²) in [6.07, 6.45) is 1.34. The van der Waals surface area contributed by atoms with Crippen LogP contribution < -0.4 is 0 Å². The summed E-state index contributed by atoms with van der Waals surface area (Å²) in [7, 11) is 0. The molecule has 1 aromatic carbocycles. The van der Waals surface area contributed by atoms with E-state index in [1.165, 1.54) is 23.3 Å². The van der Waals surface area contributed by atoms with E-state index in [0.717, 1.165) is 5.01 Å². The van der Waals surface area contributed by atoms with Gasteiger partial charge in [0.25, 0.3) is 5.91 Å². The van der Waals surface area contributed by atoms with Crippen molar-refractivity contribution < 1.29 is 9.32 Å². The minimum Gasteiger partial charge on any atom is -0.343 e. The SMILES string of the molecule is Cc1nc(C(=O)N2C[C@@H](c3ccccc3)[C@H](c3ncon3)C2)cs1. The van der Waals surface area contributed by atoms with Crippen LogP contribution in [0.1, 0.15) is 38.7 Å². The molecule has 1 amide bonds. The van der Waals surface area contributed by atoms with Gasteiger partial charge in [-0.2, -0.15) is 4.98 Å². The number of aryl methyl sites for hydroxylation is 1. The molecule has 3 aromatic rings. The molecule has 1 aliphatic rings. The first-order valence-corrected chi connectivity index (χ1v) is 8.63. The molecule has 2 atom stereocenters. The van der Waals surface area contributed by atoms with Crippen molar-refractivity contribution in [2.45, 2.75) is 18.8 Å². The van der Waals surface area contributed by atoms with E-state index in [9.17, 15) is 4.79 Å². The number of thiazole rings is 1. The molecule has 7 heteroatoms. The number of carbonyl (C=O) groups is 1. The van der Waals surface area contributed by atoms with Crippen LogP contribution in [0, 0.1) is 6.92 Å². The van der Waals surface area contributed by atoms with Gasteiger partial charge in [0, 0.05) is 30.3 Å². The molecule has 0 saturated carbocycles. The molecule has 0 radical (unpaired) electrons. The Morgan fingerprint density at radius 3 is 2.71 bits per heavy atom. The van der Waals surface area contributed by atoms with Crippen LogP contribution in [0.25, 0.3) is 0 Å². The van der Waals surface area contributed by atoms with Crippen molar-refractivity contribution in [3.63, 3.8) is 0 Å². The molecule has 3 heterocycles.